The second-order valence-electron chi connectivity index (χ2n) is 5.95. The van der Waals surface area contributed by atoms with Crippen LogP contribution >= 0.6 is 0 Å². The Morgan fingerprint density at radius 3 is 1.95 bits per heavy atom. The average Bonchev–Trinajstić information content (AvgIpc) is 2.60. The van der Waals surface area contributed by atoms with Crippen LogP contribution in [0.4, 0.5) is 0 Å². The Bertz CT molecular complexity index is 356. The summed E-state index contributed by atoms with van der Waals surface area (Å²) in [5, 5.41) is 2.03. The third-order valence-electron chi connectivity index (χ3n) is 2.96. The Labute approximate surface area is 121 Å². The summed E-state index contributed by atoms with van der Waals surface area (Å²) >= 11 is 0. The molecule has 0 aliphatic carbocycles. The number of hydrogen-bond acceptors (Lipinski definition) is 3. The van der Waals surface area contributed by atoms with Crippen molar-refractivity contribution < 1.29 is 19.9 Å². The molecule has 1 aliphatic heterocycles. The van der Waals surface area contributed by atoms with Gasteiger partial charge in [-0.05, 0) is 24.7 Å². The van der Waals surface area contributed by atoms with Gasteiger partial charge in [-0.3, -0.25) is 14.9 Å². The number of nitrogens with one attached hydrogen (secondary N) is 1. The van der Waals surface area contributed by atoms with Crippen molar-refractivity contribution in [3.05, 3.63) is 12.2 Å². The van der Waals surface area contributed by atoms with Gasteiger partial charge in [-0.15, -0.1) is 0 Å². The second kappa shape index (κ2) is 9.42. The predicted octanol–water partition coefficient (Wildman–Crippen LogP) is 1.80. The summed E-state index contributed by atoms with van der Waals surface area (Å²) in [6.45, 7) is 10.5. The molecule has 0 bridgehead atoms. The van der Waals surface area contributed by atoms with E-state index in [0.717, 1.165) is 18.8 Å². The molecule has 0 saturated carbocycles. The van der Waals surface area contributed by atoms with Crippen molar-refractivity contribution in [3.8, 4) is 0 Å². The Balaban J connectivity index is 0. The van der Waals surface area contributed by atoms with Crippen LogP contribution in [0.15, 0.2) is 12.2 Å². The first kappa shape index (κ1) is 20.8. The van der Waals surface area contributed by atoms with E-state index in [2.05, 4.69) is 27.7 Å². The van der Waals surface area contributed by atoms with Crippen molar-refractivity contribution in [2.45, 2.75) is 53.9 Å². The molecule has 2 amide bonds. The van der Waals surface area contributed by atoms with Crippen LogP contribution in [0.1, 0.15) is 53.9 Å². The van der Waals surface area contributed by atoms with E-state index in [4.69, 9.17) is 0 Å². The van der Waals surface area contributed by atoms with E-state index in [9.17, 15) is 14.4 Å². The molecule has 1 unspecified atom stereocenters. The lowest BCUT2D eigenvalue weighted by Gasteiger charge is -2.26. The van der Waals surface area contributed by atoms with Crippen molar-refractivity contribution in [3.63, 3.8) is 0 Å². The van der Waals surface area contributed by atoms with E-state index in [0.29, 0.717) is 5.78 Å². The Morgan fingerprint density at radius 2 is 1.70 bits per heavy atom. The third kappa shape index (κ3) is 10.4. The molecular formula is C15H27NO4. The van der Waals surface area contributed by atoms with Crippen molar-refractivity contribution >= 4 is 17.6 Å². The summed E-state index contributed by atoms with van der Waals surface area (Å²) in [6, 6.07) is 0. The van der Waals surface area contributed by atoms with Crippen LogP contribution in [0.2, 0.25) is 0 Å². The molecule has 0 aromatic rings. The maximum absolute atomic E-state index is 10.9. The molecule has 1 rings (SSSR count). The molecule has 0 radical (unpaired) electrons. The Morgan fingerprint density at radius 1 is 1.25 bits per heavy atom. The van der Waals surface area contributed by atoms with E-state index in [-0.39, 0.29) is 22.7 Å². The fourth-order valence-electron chi connectivity index (χ4n) is 2.19. The number of Topliss-reactive ketones (excluding diaryl/α,β-unsaturated/α-hetero) is 1. The number of carbonyl (C=O) groups excluding carboxylic acids is 3. The van der Waals surface area contributed by atoms with Gasteiger partial charge in [0, 0.05) is 18.6 Å². The number of amides is 2. The molecule has 1 atom stereocenters. The first-order chi connectivity index (χ1) is 8.66. The number of carbonyl (C=O) groups is 3. The van der Waals surface area contributed by atoms with Gasteiger partial charge in [0.2, 0.25) is 0 Å². The summed E-state index contributed by atoms with van der Waals surface area (Å²) in [5.74, 6) is 0.387. The Hall–Kier alpha value is -1.49. The fraction of sp³-hybridized carbons (Fsp3) is 0.667. The smallest absolute Gasteiger partial charge is 0.250 e. The number of hydrogen-bond donors (Lipinski definition) is 1. The van der Waals surface area contributed by atoms with E-state index in [1.54, 1.807) is 6.92 Å². The average molecular weight is 285 g/mol. The highest BCUT2D eigenvalue weighted by molar-refractivity contribution is 6.12. The highest BCUT2D eigenvalue weighted by Crippen LogP contribution is 2.30. The van der Waals surface area contributed by atoms with E-state index >= 15 is 0 Å². The van der Waals surface area contributed by atoms with Crippen molar-refractivity contribution in [1.29, 1.82) is 0 Å². The maximum Gasteiger partial charge on any atom is 0.250 e. The minimum Gasteiger partial charge on any atom is -0.412 e. The van der Waals surface area contributed by atoms with Gasteiger partial charge in [-0.1, -0.05) is 34.1 Å². The topological polar surface area (TPSA) is 94.7 Å². The SMILES string of the molecule is CCC(C)CC(C)(C)CC(C)=O.O.O=C1C=CC(=O)N1. The zero-order valence-electron chi connectivity index (χ0n) is 13.1. The molecule has 5 nitrogen and oxygen atoms in total. The molecule has 20 heavy (non-hydrogen) atoms. The maximum atomic E-state index is 10.9. The van der Waals surface area contributed by atoms with Crippen LogP contribution in [0, 0.1) is 11.3 Å². The molecule has 0 saturated heterocycles. The highest BCUT2D eigenvalue weighted by Gasteiger charge is 2.21. The highest BCUT2D eigenvalue weighted by atomic mass is 16.2. The Kier molecular flexibility index (Phi) is 9.81. The van der Waals surface area contributed by atoms with Crippen molar-refractivity contribution in [2.75, 3.05) is 0 Å². The number of ketones is 1. The van der Waals surface area contributed by atoms with Crippen LogP contribution in [-0.4, -0.2) is 23.1 Å². The van der Waals surface area contributed by atoms with Crippen LogP contribution < -0.4 is 5.32 Å². The fourth-order valence-corrected chi connectivity index (χ4v) is 2.19. The molecule has 5 heteroatoms. The minimum absolute atomic E-state index is 0. The quantitative estimate of drug-likeness (QED) is 0.780. The molecule has 1 heterocycles. The summed E-state index contributed by atoms with van der Waals surface area (Å²) in [5.41, 5.74) is 0.196. The van der Waals surface area contributed by atoms with Crippen molar-refractivity contribution in [2.24, 2.45) is 11.3 Å². The van der Waals surface area contributed by atoms with Gasteiger partial charge in [0.05, 0.1) is 0 Å². The summed E-state index contributed by atoms with van der Waals surface area (Å²) in [7, 11) is 0. The summed E-state index contributed by atoms with van der Waals surface area (Å²) in [6.07, 6.45) is 5.48. The van der Waals surface area contributed by atoms with Gasteiger partial charge in [0.15, 0.2) is 0 Å². The zero-order chi connectivity index (χ0) is 15.1. The lowest BCUT2D eigenvalue weighted by atomic mass is 9.79. The van der Waals surface area contributed by atoms with Gasteiger partial charge in [0.25, 0.3) is 11.8 Å². The van der Waals surface area contributed by atoms with Crippen LogP contribution in [0.25, 0.3) is 0 Å². The van der Waals surface area contributed by atoms with Gasteiger partial charge in [-0.25, -0.2) is 0 Å². The molecule has 0 spiro atoms. The lowest BCUT2D eigenvalue weighted by Crippen LogP contribution is -2.19. The standard InChI is InChI=1S/C11H22O.C4H3NO2.H2O/c1-6-9(2)7-11(4,5)8-10(3)12;6-3-1-2-4(7)5-3;/h9H,6-8H2,1-5H3;1-2H,(H,5,6,7);1H2. The molecule has 116 valence electrons. The third-order valence-corrected chi connectivity index (χ3v) is 2.96. The molecule has 0 fully saturated rings. The van der Waals surface area contributed by atoms with E-state index < -0.39 is 0 Å². The van der Waals surface area contributed by atoms with Crippen LogP contribution in [-0.2, 0) is 14.4 Å². The molecule has 0 aromatic carbocycles. The first-order valence-corrected chi connectivity index (χ1v) is 6.68. The van der Waals surface area contributed by atoms with Crippen molar-refractivity contribution in [1.82, 2.24) is 5.32 Å². The van der Waals surface area contributed by atoms with Gasteiger partial charge >= 0.3 is 0 Å². The number of imide groups is 1. The van der Waals surface area contributed by atoms with E-state index in [1.165, 1.54) is 18.6 Å². The monoisotopic (exact) mass is 285 g/mol. The molecule has 1 aliphatic rings. The van der Waals surface area contributed by atoms with E-state index in [1.807, 2.05) is 5.32 Å². The number of rotatable bonds is 5. The van der Waals surface area contributed by atoms with Crippen LogP contribution in [0.3, 0.4) is 0 Å². The molecule has 3 N–H and O–H groups in total. The van der Waals surface area contributed by atoms with Gasteiger partial charge in [0.1, 0.15) is 5.78 Å². The first-order valence-electron chi connectivity index (χ1n) is 6.68. The largest absolute Gasteiger partial charge is 0.412 e. The van der Waals surface area contributed by atoms with Gasteiger partial charge in [-0.2, -0.15) is 0 Å². The summed E-state index contributed by atoms with van der Waals surface area (Å²) in [4.78, 5) is 31.0. The van der Waals surface area contributed by atoms with Gasteiger partial charge < -0.3 is 10.3 Å². The summed E-state index contributed by atoms with van der Waals surface area (Å²) < 4.78 is 0. The van der Waals surface area contributed by atoms with Crippen LogP contribution in [0.5, 0.6) is 0 Å². The lowest BCUT2D eigenvalue weighted by molar-refractivity contribution is -0.123. The minimum atomic E-state index is -0.329. The normalized spacial score (nSPS) is 14.8. The second-order valence-corrected chi connectivity index (χ2v) is 5.95. The zero-order valence-corrected chi connectivity index (χ0v) is 13.1. The molecular weight excluding hydrogens is 258 g/mol. The molecule has 0 aromatic heterocycles. The predicted molar refractivity (Wildman–Crippen MR) is 79.1 cm³/mol.